The van der Waals surface area contributed by atoms with Crippen molar-refractivity contribution in [3.05, 3.63) is 27.6 Å². The molecule has 0 aliphatic rings. The van der Waals surface area contributed by atoms with Crippen molar-refractivity contribution in [1.82, 2.24) is 15.1 Å². The van der Waals surface area contributed by atoms with Crippen molar-refractivity contribution < 1.29 is 27.5 Å². The maximum Gasteiger partial charge on any atom is 0.436 e. The molecule has 24 heavy (non-hydrogen) atoms. The summed E-state index contributed by atoms with van der Waals surface area (Å²) in [5.74, 6) is -1.04. The fourth-order valence-electron chi connectivity index (χ4n) is 1.81. The summed E-state index contributed by atoms with van der Waals surface area (Å²) in [6.45, 7) is 4.81. The molecule has 0 aliphatic heterocycles. The maximum absolute atomic E-state index is 12.8. The lowest BCUT2D eigenvalue weighted by Gasteiger charge is -2.07. The second kappa shape index (κ2) is 8.32. The number of alkyl halides is 3. The summed E-state index contributed by atoms with van der Waals surface area (Å²) in [7, 11) is 0. The number of carbonyl (C=O) groups excluding carboxylic acids is 2. The molecule has 6 nitrogen and oxygen atoms in total. The highest BCUT2D eigenvalue weighted by Gasteiger charge is 2.37. The van der Waals surface area contributed by atoms with Gasteiger partial charge in [0.25, 0.3) is 0 Å². The summed E-state index contributed by atoms with van der Waals surface area (Å²) in [4.78, 5) is 23.0. The molecule has 0 saturated carbocycles. The van der Waals surface area contributed by atoms with E-state index < -0.39 is 23.7 Å². The van der Waals surface area contributed by atoms with Crippen LogP contribution < -0.4 is 5.32 Å². The topological polar surface area (TPSA) is 73.2 Å². The van der Waals surface area contributed by atoms with Crippen LogP contribution in [0, 0.1) is 6.92 Å². The summed E-state index contributed by atoms with van der Waals surface area (Å²) >= 11 is 2.86. The van der Waals surface area contributed by atoms with E-state index in [1.807, 2.05) is 0 Å². The summed E-state index contributed by atoms with van der Waals surface area (Å²) in [6, 6.07) is 0. The number of ether oxygens (including phenoxy) is 1. The molecule has 1 amide bonds. The van der Waals surface area contributed by atoms with Gasteiger partial charge in [-0.15, -0.1) is 0 Å². The minimum atomic E-state index is -4.57. The first kappa shape index (κ1) is 20.2. The van der Waals surface area contributed by atoms with Crippen molar-refractivity contribution in [1.29, 1.82) is 0 Å². The molecule has 0 atom stereocenters. The fourth-order valence-corrected chi connectivity index (χ4v) is 2.32. The quantitative estimate of drug-likeness (QED) is 0.576. The molecule has 1 N–H and O–H groups in total. The van der Waals surface area contributed by atoms with Gasteiger partial charge in [-0.25, -0.2) is 4.79 Å². The molecule has 0 spiro atoms. The van der Waals surface area contributed by atoms with E-state index in [1.54, 1.807) is 6.92 Å². The zero-order valence-electron chi connectivity index (χ0n) is 13.3. The first-order valence-corrected chi connectivity index (χ1v) is 7.80. The van der Waals surface area contributed by atoms with Gasteiger partial charge in [-0.1, -0.05) is 0 Å². The summed E-state index contributed by atoms with van der Waals surface area (Å²) < 4.78 is 43.9. The van der Waals surface area contributed by atoms with E-state index in [0.717, 1.165) is 10.8 Å². The third-order valence-electron chi connectivity index (χ3n) is 2.91. The Balaban J connectivity index is 2.67. The van der Waals surface area contributed by atoms with Gasteiger partial charge in [0.15, 0.2) is 5.69 Å². The molecule has 0 aliphatic carbocycles. The molecule has 0 radical (unpaired) electrons. The highest BCUT2D eigenvalue weighted by molar-refractivity contribution is 9.10. The monoisotopic (exact) mass is 411 g/mol. The van der Waals surface area contributed by atoms with E-state index in [2.05, 4.69) is 26.3 Å². The number of esters is 1. The van der Waals surface area contributed by atoms with Crippen LogP contribution >= 0.6 is 15.9 Å². The van der Waals surface area contributed by atoms with Crippen LogP contribution in [0.3, 0.4) is 0 Å². The number of carbonyl (C=O) groups is 2. The van der Waals surface area contributed by atoms with E-state index >= 15 is 0 Å². The number of amides is 1. The van der Waals surface area contributed by atoms with Gasteiger partial charge in [0, 0.05) is 18.2 Å². The fraction of sp³-hybridized carbons (Fsp3) is 0.500. The van der Waals surface area contributed by atoms with Crippen molar-refractivity contribution in [3.63, 3.8) is 0 Å². The molecular formula is C14H17BrF3N3O3. The first-order valence-electron chi connectivity index (χ1n) is 7.01. The number of hydrogen-bond acceptors (Lipinski definition) is 4. The van der Waals surface area contributed by atoms with Crippen LogP contribution in [0.4, 0.5) is 13.2 Å². The van der Waals surface area contributed by atoms with Crippen molar-refractivity contribution in [2.24, 2.45) is 0 Å². The number of hydrogen-bond donors (Lipinski definition) is 1. The van der Waals surface area contributed by atoms with Crippen LogP contribution in [0.25, 0.3) is 0 Å². The first-order chi connectivity index (χ1) is 11.1. The Kier molecular flexibility index (Phi) is 7.00. The van der Waals surface area contributed by atoms with Gasteiger partial charge >= 0.3 is 12.1 Å². The number of aryl methyl sites for hydroxylation is 1. The molecular weight excluding hydrogens is 395 g/mol. The van der Waals surface area contributed by atoms with Crippen molar-refractivity contribution in [3.8, 4) is 0 Å². The average molecular weight is 412 g/mol. The molecule has 1 rings (SSSR count). The maximum atomic E-state index is 12.8. The number of rotatable bonds is 6. The standard InChI is InChI=1S/C14H17BrF3N3O3/c1-4-24-11(23)7-8(2)19-10(22)5-6-21-9(3)12(15)13(20-21)14(16,17)18/h7H,4-6H2,1-3H3,(H,19,22)/b8-7+. The third-order valence-corrected chi connectivity index (χ3v) is 3.86. The highest BCUT2D eigenvalue weighted by Crippen LogP contribution is 2.35. The number of nitrogens with zero attached hydrogens (tertiary/aromatic N) is 2. The Morgan fingerprint density at radius 1 is 1.42 bits per heavy atom. The SMILES string of the molecule is CCOC(=O)/C=C(\C)NC(=O)CCn1nc(C(F)(F)F)c(Br)c1C. The second-order valence-corrected chi connectivity index (χ2v) is 5.64. The lowest BCUT2D eigenvalue weighted by molar-refractivity contribution is -0.142. The summed E-state index contributed by atoms with van der Waals surface area (Å²) in [5.41, 5.74) is -0.472. The molecule has 0 unspecified atom stereocenters. The third kappa shape index (κ3) is 5.66. The predicted molar refractivity (Wildman–Crippen MR) is 82.8 cm³/mol. The van der Waals surface area contributed by atoms with Gasteiger partial charge < -0.3 is 10.1 Å². The number of halogens is 4. The Labute approximate surface area is 145 Å². The molecule has 0 saturated heterocycles. The molecule has 1 aromatic heterocycles. The highest BCUT2D eigenvalue weighted by atomic mass is 79.9. The smallest absolute Gasteiger partial charge is 0.436 e. The van der Waals surface area contributed by atoms with Gasteiger partial charge in [-0.05, 0) is 36.7 Å². The molecule has 0 fully saturated rings. The average Bonchev–Trinajstić information content (AvgIpc) is 2.72. The van der Waals surface area contributed by atoms with Crippen LogP contribution in [-0.4, -0.2) is 28.3 Å². The minimum absolute atomic E-state index is 0.0287. The van der Waals surface area contributed by atoms with Crippen LogP contribution in [0.5, 0.6) is 0 Å². The summed E-state index contributed by atoms with van der Waals surface area (Å²) in [6.07, 6.45) is -3.55. The van der Waals surface area contributed by atoms with E-state index in [1.165, 1.54) is 13.8 Å². The van der Waals surface area contributed by atoms with Crippen molar-refractivity contribution in [2.75, 3.05) is 6.61 Å². The zero-order chi connectivity index (χ0) is 18.5. The Bertz CT molecular complexity index is 654. The van der Waals surface area contributed by atoms with Crippen LogP contribution in [0.1, 0.15) is 31.7 Å². The van der Waals surface area contributed by atoms with E-state index in [-0.39, 0.29) is 35.4 Å². The largest absolute Gasteiger partial charge is 0.463 e. The van der Waals surface area contributed by atoms with E-state index in [0.29, 0.717) is 0 Å². The van der Waals surface area contributed by atoms with Crippen molar-refractivity contribution >= 4 is 27.8 Å². The lowest BCUT2D eigenvalue weighted by Crippen LogP contribution is -2.24. The number of allylic oxidation sites excluding steroid dienone is 1. The number of aromatic nitrogens is 2. The van der Waals surface area contributed by atoms with Crippen LogP contribution in [0.15, 0.2) is 16.2 Å². The van der Waals surface area contributed by atoms with Gasteiger partial charge in [-0.3, -0.25) is 9.48 Å². The lowest BCUT2D eigenvalue weighted by atomic mass is 10.3. The Hall–Kier alpha value is -1.84. The minimum Gasteiger partial charge on any atom is -0.463 e. The van der Waals surface area contributed by atoms with E-state index in [9.17, 15) is 22.8 Å². The van der Waals surface area contributed by atoms with Gasteiger partial charge in [0.05, 0.1) is 23.3 Å². The van der Waals surface area contributed by atoms with Crippen LogP contribution in [-0.2, 0) is 27.0 Å². The Morgan fingerprint density at radius 3 is 2.54 bits per heavy atom. The normalized spacial score (nSPS) is 12.2. The number of nitrogens with one attached hydrogen (secondary N) is 1. The molecule has 1 heterocycles. The van der Waals surface area contributed by atoms with Crippen LogP contribution in [0.2, 0.25) is 0 Å². The molecule has 134 valence electrons. The predicted octanol–water partition coefficient (Wildman–Crippen LogP) is 2.95. The second-order valence-electron chi connectivity index (χ2n) is 4.85. The van der Waals surface area contributed by atoms with Gasteiger partial charge in [0.1, 0.15) is 0 Å². The molecule has 0 bridgehead atoms. The van der Waals surface area contributed by atoms with E-state index in [4.69, 9.17) is 4.74 Å². The molecule has 10 heteroatoms. The zero-order valence-corrected chi connectivity index (χ0v) is 14.9. The van der Waals surface area contributed by atoms with Gasteiger partial charge in [0.2, 0.25) is 5.91 Å². The molecule has 0 aromatic carbocycles. The van der Waals surface area contributed by atoms with Gasteiger partial charge in [-0.2, -0.15) is 18.3 Å². The summed E-state index contributed by atoms with van der Waals surface area (Å²) in [5, 5.41) is 5.94. The molecule has 1 aromatic rings. The Morgan fingerprint density at radius 2 is 2.04 bits per heavy atom. The van der Waals surface area contributed by atoms with Crippen molar-refractivity contribution in [2.45, 2.75) is 39.9 Å².